The summed E-state index contributed by atoms with van der Waals surface area (Å²) in [4.78, 5) is 30.9. The molecule has 5 nitrogen and oxygen atoms in total. The molecule has 0 saturated carbocycles. The quantitative estimate of drug-likeness (QED) is 0.670. The maximum Gasteiger partial charge on any atom is 0.252 e. The van der Waals surface area contributed by atoms with Crippen LogP contribution >= 0.6 is 22.9 Å². The van der Waals surface area contributed by atoms with E-state index in [2.05, 4.69) is 10.3 Å². The second kappa shape index (κ2) is 8.50. The van der Waals surface area contributed by atoms with Crippen LogP contribution in [0, 0.1) is 0 Å². The third-order valence-electron chi connectivity index (χ3n) is 4.39. The molecule has 0 radical (unpaired) electrons. The maximum absolute atomic E-state index is 12.5. The van der Waals surface area contributed by atoms with Gasteiger partial charge in [0.2, 0.25) is 5.91 Å². The van der Waals surface area contributed by atoms with Gasteiger partial charge in [0.15, 0.2) is 0 Å². The minimum atomic E-state index is -0.282. The van der Waals surface area contributed by atoms with Gasteiger partial charge < -0.3 is 10.2 Å². The molecule has 1 atom stereocenters. The van der Waals surface area contributed by atoms with Crippen molar-refractivity contribution in [3.8, 4) is 0 Å². The number of amides is 2. The second-order valence-corrected chi connectivity index (χ2v) is 7.66. The normalized spacial score (nSPS) is 12.0. The van der Waals surface area contributed by atoms with Crippen LogP contribution < -0.4 is 5.32 Å². The van der Waals surface area contributed by atoms with Gasteiger partial charge in [0.1, 0.15) is 5.01 Å². The summed E-state index contributed by atoms with van der Waals surface area (Å²) in [7, 11) is 1.76. The molecular weight excluding hydrogens is 382 g/mol. The number of hydrogen-bond acceptors (Lipinski definition) is 4. The van der Waals surface area contributed by atoms with E-state index in [-0.39, 0.29) is 30.8 Å². The first-order chi connectivity index (χ1) is 13.0. The van der Waals surface area contributed by atoms with Crippen LogP contribution in [0.3, 0.4) is 0 Å². The van der Waals surface area contributed by atoms with Gasteiger partial charge in [0.25, 0.3) is 5.91 Å². The Bertz CT molecular complexity index is 940. The van der Waals surface area contributed by atoms with Gasteiger partial charge in [-0.3, -0.25) is 9.59 Å². The Morgan fingerprint density at radius 1 is 1.19 bits per heavy atom. The van der Waals surface area contributed by atoms with Gasteiger partial charge in [-0.15, -0.1) is 11.3 Å². The van der Waals surface area contributed by atoms with E-state index in [0.717, 1.165) is 15.2 Å². The Kier molecular flexibility index (Phi) is 6.08. The molecule has 27 heavy (non-hydrogen) atoms. The molecule has 2 amide bonds. The molecule has 0 bridgehead atoms. The molecule has 1 N–H and O–H groups in total. The minimum Gasteiger partial charge on any atom is -0.351 e. The van der Waals surface area contributed by atoms with Crippen molar-refractivity contribution in [1.29, 1.82) is 0 Å². The summed E-state index contributed by atoms with van der Waals surface area (Å²) in [6.45, 7) is 2.21. The molecule has 140 valence electrons. The van der Waals surface area contributed by atoms with E-state index in [0.29, 0.717) is 10.6 Å². The molecule has 7 heteroatoms. The summed E-state index contributed by atoms with van der Waals surface area (Å²) in [5.74, 6) is -0.337. The zero-order valence-electron chi connectivity index (χ0n) is 15.1. The van der Waals surface area contributed by atoms with Crippen molar-refractivity contribution >= 4 is 45.0 Å². The summed E-state index contributed by atoms with van der Waals surface area (Å²) >= 11 is 7.60. The van der Waals surface area contributed by atoms with Crippen molar-refractivity contribution in [2.24, 2.45) is 0 Å². The van der Waals surface area contributed by atoms with Gasteiger partial charge in [-0.25, -0.2) is 4.98 Å². The Hall–Kier alpha value is -2.44. The number of benzene rings is 2. The van der Waals surface area contributed by atoms with E-state index in [1.165, 1.54) is 0 Å². The molecule has 1 heterocycles. The Labute approximate surface area is 167 Å². The van der Waals surface area contributed by atoms with Gasteiger partial charge in [-0.05, 0) is 31.2 Å². The lowest BCUT2D eigenvalue weighted by Gasteiger charge is -2.23. The lowest BCUT2D eigenvalue weighted by atomic mass is 10.2. The molecule has 3 aromatic rings. The average Bonchev–Trinajstić information content (AvgIpc) is 3.11. The van der Waals surface area contributed by atoms with Crippen LogP contribution in [0.2, 0.25) is 5.02 Å². The molecule has 0 unspecified atom stereocenters. The van der Waals surface area contributed by atoms with Crippen LogP contribution in [0.4, 0.5) is 0 Å². The van der Waals surface area contributed by atoms with Crippen LogP contribution in [0.15, 0.2) is 48.5 Å². The maximum atomic E-state index is 12.5. The van der Waals surface area contributed by atoms with Gasteiger partial charge >= 0.3 is 0 Å². The van der Waals surface area contributed by atoms with Crippen molar-refractivity contribution in [1.82, 2.24) is 15.2 Å². The Balaban J connectivity index is 1.55. The molecule has 0 aliphatic carbocycles. The van der Waals surface area contributed by atoms with Crippen LogP contribution in [0.1, 0.15) is 34.8 Å². The van der Waals surface area contributed by atoms with Crippen molar-refractivity contribution in [2.75, 3.05) is 13.6 Å². The highest BCUT2D eigenvalue weighted by molar-refractivity contribution is 7.18. The van der Waals surface area contributed by atoms with E-state index < -0.39 is 0 Å². The standard InChI is InChI=1S/C20H20ClN3O2S/c1-13(20-23-16-9-5-6-10-17(16)27-20)24(2)18(25)11-12-22-19(26)14-7-3-4-8-15(14)21/h3-10,13H,11-12H2,1-2H3,(H,22,26)/t13-/m0/s1. The van der Waals surface area contributed by atoms with Gasteiger partial charge in [-0.2, -0.15) is 0 Å². The second-order valence-electron chi connectivity index (χ2n) is 6.19. The topological polar surface area (TPSA) is 62.3 Å². The lowest BCUT2D eigenvalue weighted by Crippen LogP contribution is -2.33. The molecule has 1 aromatic heterocycles. The number of carbonyl (C=O) groups excluding carboxylic acids is 2. The van der Waals surface area contributed by atoms with Crippen molar-refractivity contribution in [3.63, 3.8) is 0 Å². The zero-order chi connectivity index (χ0) is 19.4. The number of thiazole rings is 1. The van der Waals surface area contributed by atoms with Crippen LogP contribution in [0.5, 0.6) is 0 Å². The number of nitrogens with one attached hydrogen (secondary N) is 1. The van der Waals surface area contributed by atoms with Crippen LogP contribution in [-0.4, -0.2) is 35.3 Å². The number of carbonyl (C=O) groups is 2. The fourth-order valence-electron chi connectivity index (χ4n) is 2.65. The molecular formula is C20H20ClN3O2S. The monoisotopic (exact) mass is 401 g/mol. The lowest BCUT2D eigenvalue weighted by molar-refractivity contribution is -0.131. The number of para-hydroxylation sites is 1. The molecule has 0 fully saturated rings. The first-order valence-electron chi connectivity index (χ1n) is 8.61. The Morgan fingerprint density at radius 3 is 2.63 bits per heavy atom. The summed E-state index contributed by atoms with van der Waals surface area (Å²) in [5, 5.41) is 4.03. The summed E-state index contributed by atoms with van der Waals surface area (Å²) in [5.41, 5.74) is 1.35. The van der Waals surface area contributed by atoms with E-state index in [9.17, 15) is 9.59 Å². The molecule has 0 aliphatic rings. The Morgan fingerprint density at radius 2 is 1.89 bits per heavy atom. The zero-order valence-corrected chi connectivity index (χ0v) is 16.7. The van der Waals surface area contributed by atoms with Crippen molar-refractivity contribution < 1.29 is 9.59 Å². The molecule has 2 aromatic carbocycles. The number of hydrogen-bond donors (Lipinski definition) is 1. The SMILES string of the molecule is C[C@@H](c1nc2ccccc2s1)N(C)C(=O)CCNC(=O)c1ccccc1Cl. The summed E-state index contributed by atoms with van der Waals surface area (Å²) in [6, 6.07) is 14.6. The highest BCUT2D eigenvalue weighted by Gasteiger charge is 2.20. The predicted molar refractivity (Wildman–Crippen MR) is 109 cm³/mol. The van der Waals surface area contributed by atoms with Crippen molar-refractivity contribution in [2.45, 2.75) is 19.4 Å². The molecule has 3 rings (SSSR count). The van der Waals surface area contributed by atoms with E-state index in [1.807, 2.05) is 31.2 Å². The first kappa shape index (κ1) is 19.3. The highest BCUT2D eigenvalue weighted by Crippen LogP contribution is 2.29. The summed E-state index contributed by atoms with van der Waals surface area (Å²) < 4.78 is 1.10. The van der Waals surface area contributed by atoms with Crippen LogP contribution in [0.25, 0.3) is 10.2 Å². The smallest absolute Gasteiger partial charge is 0.252 e. The number of halogens is 1. The van der Waals surface area contributed by atoms with Crippen molar-refractivity contribution in [3.05, 3.63) is 64.1 Å². The average molecular weight is 402 g/mol. The number of nitrogens with zero attached hydrogens (tertiary/aromatic N) is 2. The number of fused-ring (bicyclic) bond motifs is 1. The minimum absolute atomic E-state index is 0.0544. The largest absolute Gasteiger partial charge is 0.351 e. The van der Waals surface area contributed by atoms with Gasteiger partial charge in [-0.1, -0.05) is 35.9 Å². The molecule has 0 aliphatic heterocycles. The fourth-order valence-corrected chi connectivity index (χ4v) is 3.93. The third-order valence-corrected chi connectivity index (χ3v) is 5.92. The van der Waals surface area contributed by atoms with Crippen LogP contribution in [-0.2, 0) is 4.79 Å². The van der Waals surface area contributed by atoms with Gasteiger partial charge in [0, 0.05) is 20.0 Å². The summed E-state index contributed by atoms with van der Waals surface area (Å²) in [6.07, 6.45) is 0.210. The highest BCUT2D eigenvalue weighted by atomic mass is 35.5. The fraction of sp³-hybridized carbons (Fsp3) is 0.250. The first-order valence-corrected chi connectivity index (χ1v) is 9.80. The van der Waals surface area contributed by atoms with E-state index in [1.54, 1.807) is 47.5 Å². The number of rotatable bonds is 6. The van der Waals surface area contributed by atoms with E-state index >= 15 is 0 Å². The molecule has 0 spiro atoms. The van der Waals surface area contributed by atoms with E-state index in [4.69, 9.17) is 11.6 Å². The third kappa shape index (κ3) is 4.46. The molecule has 0 saturated heterocycles. The van der Waals surface area contributed by atoms with Gasteiger partial charge in [0.05, 0.1) is 26.8 Å². The predicted octanol–water partition coefficient (Wildman–Crippen LogP) is 4.29. The number of aromatic nitrogens is 1.